The second kappa shape index (κ2) is 6.23. The van der Waals surface area contributed by atoms with Crippen molar-refractivity contribution in [2.24, 2.45) is 0 Å². The van der Waals surface area contributed by atoms with Crippen LogP contribution in [0.5, 0.6) is 0 Å². The average molecular weight is 275 g/mol. The molecule has 1 nitrogen and oxygen atoms in total. The lowest BCUT2D eigenvalue weighted by molar-refractivity contribution is 0.694. The summed E-state index contributed by atoms with van der Waals surface area (Å²) in [6, 6.07) is 5.80. The molecule has 1 aromatic rings. The zero-order chi connectivity index (χ0) is 10.4. The summed E-state index contributed by atoms with van der Waals surface area (Å²) >= 11 is 9.37. The topological polar surface area (TPSA) is 12.0 Å². The van der Waals surface area contributed by atoms with Crippen LogP contribution in [0.1, 0.15) is 12.0 Å². The average Bonchev–Trinajstić information content (AvgIpc) is 2.18. The highest BCUT2D eigenvalue weighted by Gasteiger charge is 1.99. The van der Waals surface area contributed by atoms with Crippen LogP contribution < -0.4 is 5.32 Å². The van der Waals surface area contributed by atoms with E-state index in [0.717, 1.165) is 29.0 Å². The van der Waals surface area contributed by atoms with E-state index in [-0.39, 0.29) is 0 Å². The minimum absolute atomic E-state index is 0.772. The predicted octanol–water partition coefficient (Wildman–Crippen LogP) is 3.77. The number of hydrogen-bond acceptors (Lipinski definition) is 1. The molecule has 0 atom stereocenters. The molecule has 0 aliphatic rings. The summed E-state index contributed by atoms with van der Waals surface area (Å²) in [6.07, 6.45) is 2.89. The highest BCUT2D eigenvalue weighted by Crippen LogP contribution is 2.20. The fraction of sp³-hybridized carbons (Fsp3) is 0.273. The van der Waals surface area contributed by atoms with E-state index in [2.05, 4.69) is 27.8 Å². The fourth-order valence-corrected chi connectivity index (χ4v) is 1.69. The van der Waals surface area contributed by atoms with Crippen molar-refractivity contribution < 1.29 is 0 Å². The molecule has 0 saturated heterocycles. The predicted molar refractivity (Wildman–Crippen MR) is 65.7 cm³/mol. The summed E-state index contributed by atoms with van der Waals surface area (Å²) in [4.78, 5) is 0. The monoisotopic (exact) mass is 273 g/mol. The third-order valence-corrected chi connectivity index (χ3v) is 2.86. The van der Waals surface area contributed by atoms with E-state index in [0.29, 0.717) is 0 Å². The molecule has 0 heterocycles. The molecular formula is C11H13BrClN. The van der Waals surface area contributed by atoms with E-state index in [1.54, 1.807) is 0 Å². The molecule has 3 heteroatoms. The van der Waals surface area contributed by atoms with Crippen molar-refractivity contribution >= 4 is 27.5 Å². The molecule has 1 N–H and O–H groups in total. The number of halogens is 2. The van der Waals surface area contributed by atoms with Crippen LogP contribution in [0.25, 0.3) is 0 Å². The molecule has 0 aliphatic heterocycles. The van der Waals surface area contributed by atoms with Gasteiger partial charge in [-0.15, -0.1) is 6.58 Å². The number of nitrogens with one attached hydrogen (secondary N) is 1. The molecule has 0 bridgehead atoms. The van der Waals surface area contributed by atoms with Crippen LogP contribution in [-0.2, 0) is 6.54 Å². The molecular weight excluding hydrogens is 261 g/mol. The van der Waals surface area contributed by atoms with Gasteiger partial charge in [0.1, 0.15) is 0 Å². The Morgan fingerprint density at radius 1 is 1.50 bits per heavy atom. The SMILES string of the molecule is C=CCCNCc1cc(Cl)ccc1Br. The maximum atomic E-state index is 5.89. The van der Waals surface area contributed by atoms with E-state index in [4.69, 9.17) is 11.6 Å². The minimum Gasteiger partial charge on any atom is -0.312 e. The highest BCUT2D eigenvalue weighted by molar-refractivity contribution is 9.10. The number of benzene rings is 1. The lowest BCUT2D eigenvalue weighted by atomic mass is 10.2. The normalized spacial score (nSPS) is 10.1. The highest BCUT2D eigenvalue weighted by atomic mass is 79.9. The van der Waals surface area contributed by atoms with Crippen LogP contribution in [0.4, 0.5) is 0 Å². The summed E-state index contributed by atoms with van der Waals surface area (Å²) in [6.45, 7) is 5.44. The molecule has 0 unspecified atom stereocenters. The number of hydrogen-bond donors (Lipinski definition) is 1. The van der Waals surface area contributed by atoms with Crippen molar-refractivity contribution in [2.45, 2.75) is 13.0 Å². The van der Waals surface area contributed by atoms with Gasteiger partial charge in [0, 0.05) is 16.0 Å². The van der Waals surface area contributed by atoms with Crippen LogP contribution >= 0.6 is 27.5 Å². The molecule has 1 aromatic carbocycles. The Morgan fingerprint density at radius 2 is 2.29 bits per heavy atom. The van der Waals surface area contributed by atoms with Crippen molar-refractivity contribution in [3.8, 4) is 0 Å². The Morgan fingerprint density at radius 3 is 3.00 bits per heavy atom. The van der Waals surface area contributed by atoms with Crippen LogP contribution in [0, 0.1) is 0 Å². The van der Waals surface area contributed by atoms with E-state index >= 15 is 0 Å². The van der Waals surface area contributed by atoms with Crippen molar-refractivity contribution in [3.63, 3.8) is 0 Å². The quantitative estimate of drug-likeness (QED) is 0.637. The van der Waals surface area contributed by atoms with Crippen LogP contribution in [0.3, 0.4) is 0 Å². The smallest absolute Gasteiger partial charge is 0.0410 e. The molecule has 14 heavy (non-hydrogen) atoms. The summed E-state index contributed by atoms with van der Waals surface area (Å²) in [5.74, 6) is 0. The van der Waals surface area contributed by atoms with Crippen molar-refractivity contribution in [1.82, 2.24) is 5.32 Å². The van der Waals surface area contributed by atoms with Crippen LogP contribution in [-0.4, -0.2) is 6.54 Å². The lowest BCUT2D eigenvalue weighted by Gasteiger charge is -2.06. The van der Waals surface area contributed by atoms with Gasteiger partial charge in [-0.2, -0.15) is 0 Å². The first-order valence-electron chi connectivity index (χ1n) is 4.49. The largest absolute Gasteiger partial charge is 0.312 e. The molecule has 0 radical (unpaired) electrons. The molecule has 0 spiro atoms. The zero-order valence-corrected chi connectivity index (χ0v) is 10.2. The van der Waals surface area contributed by atoms with Crippen molar-refractivity contribution in [1.29, 1.82) is 0 Å². The van der Waals surface area contributed by atoms with Gasteiger partial charge in [-0.05, 0) is 36.7 Å². The zero-order valence-electron chi connectivity index (χ0n) is 7.89. The van der Waals surface area contributed by atoms with Crippen LogP contribution in [0.15, 0.2) is 35.3 Å². The first-order chi connectivity index (χ1) is 6.74. The molecule has 0 aromatic heterocycles. The van der Waals surface area contributed by atoms with Gasteiger partial charge in [0.15, 0.2) is 0 Å². The van der Waals surface area contributed by atoms with Gasteiger partial charge in [0.05, 0.1) is 0 Å². The first kappa shape index (κ1) is 11.8. The van der Waals surface area contributed by atoms with Gasteiger partial charge in [-0.3, -0.25) is 0 Å². The minimum atomic E-state index is 0.772. The van der Waals surface area contributed by atoms with E-state index in [9.17, 15) is 0 Å². The van der Waals surface area contributed by atoms with Gasteiger partial charge in [0.2, 0.25) is 0 Å². The van der Waals surface area contributed by atoms with Gasteiger partial charge in [-0.1, -0.05) is 33.6 Å². The molecule has 0 saturated carbocycles. The van der Waals surface area contributed by atoms with Gasteiger partial charge in [0.25, 0.3) is 0 Å². The lowest BCUT2D eigenvalue weighted by Crippen LogP contribution is -2.14. The van der Waals surface area contributed by atoms with Crippen molar-refractivity contribution in [3.05, 3.63) is 45.9 Å². The second-order valence-electron chi connectivity index (χ2n) is 2.99. The maximum Gasteiger partial charge on any atom is 0.0410 e. The van der Waals surface area contributed by atoms with Crippen LogP contribution in [0.2, 0.25) is 5.02 Å². The second-order valence-corrected chi connectivity index (χ2v) is 4.28. The van der Waals surface area contributed by atoms with E-state index in [1.807, 2.05) is 24.3 Å². The molecule has 76 valence electrons. The summed E-state index contributed by atoms with van der Waals surface area (Å²) < 4.78 is 1.09. The van der Waals surface area contributed by atoms with E-state index < -0.39 is 0 Å². The third-order valence-electron chi connectivity index (χ3n) is 1.85. The van der Waals surface area contributed by atoms with Gasteiger partial charge < -0.3 is 5.32 Å². The maximum absolute atomic E-state index is 5.89. The van der Waals surface area contributed by atoms with Gasteiger partial charge in [-0.25, -0.2) is 0 Å². The Hall–Kier alpha value is -0.310. The molecule has 1 rings (SSSR count). The standard InChI is InChI=1S/C11H13BrClN/c1-2-3-6-14-8-9-7-10(13)4-5-11(9)12/h2,4-5,7,14H,1,3,6,8H2. The first-order valence-corrected chi connectivity index (χ1v) is 5.66. The van der Waals surface area contributed by atoms with Crippen molar-refractivity contribution in [2.75, 3.05) is 6.54 Å². The van der Waals surface area contributed by atoms with Gasteiger partial charge >= 0.3 is 0 Å². The summed E-state index contributed by atoms with van der Waals surface area (Å²) in [5.41, 5.74) is 1.18. The van der Waals surface area contributed by atoms with E-state index in [1.165, 1.54) is 5.56 Å². The fourth-order valence-electron chi connectivity index (χ4n) is 1.11. The number of rotatable bonds is 5. The Bertz CT molecular complexity index is 312. The Kier molecular flexibility index (Phi) is 5.23. The molecule has 0 fully saturated rings. The Balaban J connectivity index is 2.49. The summed E-state index contributed by atoms with van der Waals surface area (Å²) in [5, 5.41) is 4.08. The third kappa shape index (κ3) is 3.82. The summed E-state index contributed by atoms with van der Waals surface area (Å²) in [7, 11) is 0. The molecule has 0 aliphatic carbocycles. The Labute approximate surface area is 98.3 Å². The molecule has 0 amide bonds.